The van der Waals surface area contributed by atoms with E-state index in [2.05, 4.69) is 49.3 Å². The number of ether oxygens (including phenoxy) is 1. The van der Waals surface area contributed by atoms with Crippen molar-refractivity contribution in [3.8, 4) is 5.75 Å². The molecule has 0 bridgehead atoms. The third kappa shape index (κ3) is 2.94. The van der Waals surface area contributed by atoms with Gasteiger partial charge in [0.2, 0.25) is 0 Å². The maximum absolute atomic E-state index is 5.34. The normalized spacial score (nSPS) is 21.0. The maximum atomic E-state index is 5.34. The molecule has 0 heterocycles. The van der Waals surface area contributed by atoms with Gasteiger partial charge in [0.05, 0.1) is 7.11 Å². The molecule has 1 aromatic rings. The van der Waals surface area contributed by atoms with Crippen LogP contribution in [-0.4, -0.2) is 26.1 Å². The maximum Gasteiger partial charge on any atom is 0.119 e. The predicted octanol–water partition coefficient (Wildman–Crippen LogP) is 3.65. The minimum atomic E-state index is 0.441. The lowest BCUT2D eigenvalue weighted by atomic mass is 9.85. The molecule has 1 aliphatic rings. The first-order valence-electron chi connectivity index (χ1n) is 6.69. The lowest BCUT2D eigenvalue weighted by Crippen LogP contribution is -2.27. The molecule has 2 nitrogen and oxygen atoms in total. The molecule has 0 amide bonds. The number of methoxy groups -OCH3 is 1. The summed E-state index contributed by atoms with van der Waals surface area (Å²) >= 11 is 0. The molecule has 0 saturated heterocycles. The molecule has 0 N–H and O–H groups in total. The van der Waals surface area contributed by atoms with Gasteiger partial charge in [0.25, 0.3) is 0 Å². The Balaban J connectivity index is 2.28. The standard InChI is InChI=1S/C16H23NO/c1-17(2)16(13-8-5-4-6-9-13)14-10-7-11-15(12-14)18-3/h5,7-8,10-13,16H,4,6,9H2,1-3H3. The van der Waals surface area contributed by atoms with E-state index in [4.69, 9.17) is 4.74 Å². The molecule has 0 fully saturated rings. The second-order valence-electron chi connectivity index (χ2n) is 5.21. The van der Waals surface area contributed by atoms with Crippen LogP contribution in [0.4, 0.5) is 0 Å². The minimum Gasteiger partial charge on any atom is -0.497 e. The molecule has 18 heavy (non-hydrogen) atoms. The van der Waals surface area contributed by atoms with Crippen LogP contribution in [0.3, 0.4) is 0 Å². The molecule has 0 aliphatic heterocycles. The van der Waals surface area contributed by atoms with E-state index < -0.39 is 0 Å². The van der Waals surface area contributed by atoms with Crippen molar-refractivity contribution in [2.45, 2.75) is 25.3 Å². The molecule has 2 unspecified atom stereocenters. The quantitative estimate of drug-likeness (QED) is 0.751. The van der Waals surface area contributed by atoms with Crippen LogP contribution >= 0.6 is 0 Å². The van der Waals surface area contributed by atoms with E-state index in [9.17, 15) is 0 Å². The molecule has 0 aromatic heterocycles. The molecule has 2 heteroatoms. The van der Waals surface area contributed by atoms with Crippen LogP contribution in [0.2, 0.25) is 0 Å². The summed E-state index contributed by atoms with van der Waals surface area (Å²) in [6.07, 6.45) is 8.51. The van der Waals surface area contributed by atoms with Gasteiger partial charge in [-0.3, -0.25) is 0 Å². The smallest absolute Gasteiger partial charge is 0.119 e. The first-order chi connectivity index (χ1) is 8.72. The van der Waals surface area contributed by atoms with Gasteiger partial charge in [-0.05, 0) is 57.0 Å². The Morgan fingerprint density at radius 3 is 2.78 bits per heavy atom. The van der Waals surface area contributed by atoms with E-state index in [-0.39, 0.29) is 0 Å². The zero-order chi connectivity index (χ0) is 13.0. The number of rotatable bonds is 4. The van der Waals surface area contributed by atoms with Crippen molar-refractivity contribution in [2.75, 3.05) is 21.2 Å². The molecular weight excluding hydrogens is 222 g/mol. The summed E-state index contributed by atoms with van der Waals surface area (Å²) in [6.45, 7) is 0. The Kier molecular flexibility index (Phi) is 4.43. The van der Waals surface area contributed by atoms with Crippen LogP contribution in [0.15, 0.2) is 36.4 Å². The fraction of sp³-hybridized carbons (Fsp3) is 0.500. The lowest BCUT2D eigenvalue weighted by molar-refractivity contribution is 0.227. The fourth-order valence-electron chi connectivity index (χ4n) is 2.86. The first-order valence-corrected chi connectivity index (χ1v) is 6.69. The van der Waals surface area contributed by atoms with Gasteiger partial charge in [-0.1, -0.05) is 24.3 Å². The highest BCUT2D eigenvalue weighted by atomic mass is 16.5. The van der Waals surface area contributed by atoms with Gasteiger partial charge >= 0.3 is 0 Å². The largest absolute Gasteiger partial charge is 0.497 e. The summed E-state index contributed by atoms with van der Waals surface area (Å²) < 4.78 is 5.34. The molecule has 0 saturated carbocycles. The Bertz CT molecular complexity index is 411. The molecule has 0 spiro atoms. The van der Waals surface area contributed by atoms with Gasteiger partial charge in [-0.2, -0.15) is 0 Å². The molecule has 0 radical (unpaired) electrons. The zero-order valence-electron chi connectivity index (χ0n) is 11.6. The van der Waals surface area contributed by atoms with E-state index in [1.54, 1.807) is 7.11 Å². The zero-order valence-corrected chi connectivity index (χ0v) is 11.6. The average molecular weight is 245 g/mol. The highest BCUT2D eigenvalue weighted by Crippen LogP contribution is 2.34. The summed E-state index contributed by atoms with van der Waals surface area (Å²) in [5.74, 6) is 1.56. The number of hydrogen-bond donors (Lipinski definition) is 0. The van der Waals surface area contributed by atoms with E-state index in [1.165, 1.54) is 24.8 Å². The van der Waals surface area contributed by atoms with Crippen LogP contribution in [0.25, 0.3) is 0 Å². The molecule has 2 atom stereocenters. The van der Waals surface area contributed by atoms with Gasteiger partial charge in [0.15, 0.2) is 0 Å². The van der Waals surface area contributed by atoms with Gasteiger partial charge in [0, 0.05) is 6.04 Å². The van der Waals surface area contributed by atoms with Gasteiger partial charge < -0.3 is 9.64 Å². The van der Waals surface area contributed by atoms with Crippen LogP contribution in [0.5, 0.6) is 5.75 Å². The van der Waals surface area contributed by atoms with Crippen molar-refractivity contribution in [1.82, 2.24) is 4.90 Å². The topological polar surface area (TPSA) is 12.5 Å². The van der Waals surface area contributed by atoms with Crippen molar-refractivity contribution in [2.24, 2.45) is 5.92 Å². The molecule has 98 valence electrons. The Morgan fingerprint density at radius 2 is 2.17 bits per heavy atom. The monoisotopic (exact) mass is 245 g/mol. The summed E-state index contributed by atoms with van der Waals surface area (Å²) in [4.78, 5) is 2.31. The van der Waals surface area contributed by atoms with Crippen molar-refractivity contribution in [3.63, 3.8) is 0 Å². The van der Waals surface area contributed by atoms with Gasteiger partial charge in [-0.15, -0.1) is 0 Å². The minimum absolute atomic E-state index is 0.441. The molecule has 2 rings (SSSR count). The second kappa shape index (κ2) is 6.05. The fourth-order valence-corrected chi connectivity index (χ4v) is 2.86. The predicted molar refractivity (Wildman–Crippen MR) is 75.9 cm³/mol. The third-order valence-electron chi connectivity index (χ3n) is 3.69. The van der Waals surface area contributed by atoms with E-state index in [1.807, 2.05) is 6.07 Å². The lowest BCUT2D eigenvalue weighted by Gasteiger charge is -2.32. The van der Waals surface area contributed by atoms with Crippen LogP contribution in [0.1, 0.15) is 30.9 Å². The van der Waals surface area contributed by atoms with Crippen LogP contribution < -0.4 is 4.74 Å². The summed E-state index contributed by atoms with van der Waals surface area (Å²) in [5.41, 5.74) is 1.34. The summed E-state index contributed by atoms with van der Waals surface area (Å²) in [5, 5.41) is 0. The summed E-state index contributed by atoms with van der Waals surface area (Å²) in [7, 11) is 6.05. The number of hydrogen-bond acceptors (Lipinski definition) is 2. The Morgan fingerprint density at radius 1 is 1.33 bits per heavy atom. The Hall–Kier alpha value is -1.28. The highest BCUT2D eigenvalue weighted by Gasteiger charge is 2.24. The highest BCUT2D eigenvalue weighted by molar-refractivity contribution is 5.31. The van der Waals surface area contributed by atoms with E-state index in [0.717, 1.165) is 5.75 Å². The third-order valence-corrected chi connectivity index (χ3v) is 3.69. The summed E-state index contributed by atoms with van der Waals surface area (Å²) in [6, 6.07) is 8.89. The van der Waals surface area contributed by atoms with Crippen molar-refractivity contribution < 1.29 is 4.74 Å². The van der Waals surface area contributed by atoms with Crippen LogP contribution in [-0.2, 0) is 0 Å². The SMILES string of the molecule is COc1cccc(C(C2C=CCCC2)N(C)C)c1. The van der Waals surface area contributed by atoms with Gasteiger partial charge in [-0.25, -0.2) is 0 Å². The van der Waals surface area contributed by atoms with Crippen molar-refractivity contribution in [3.05, 3.63) is 42.0 Å². The molecular formula is C16H23NO. The second-order valence-corrected chi connectivity index (χ2v) is 5.21. The molecule has 1 aromatic carbocycles. The van der Waals surface area contributed by atoms with E-state index >= 15 is 0 Å². The molecule has 1 aliphatic carbocycles. The number of allylic oxidation sites excluding steroid dienone is 1. The van der Waals surface area contributed by atoms with Crippen LogP contribution in [0, 0.1) is 5.92 Å². The van der Waals surface area contributed by atoms with Crippen molar-refractivity contribution >= 4 is 0 Å². The first kappa shape index (κ1) is 13.2. The number of nitrogens with zero attached hydrogens (tertiary/aromatic N) is 1. The Labute approximate surface area is 110 Å². The number of benzene rings is 1. The van der Waals surface area contributed by atoms with Gasteiger partial charge in [0.1, 0.15) is 5.75 Å². The average Bonchev–Trinajstić information content (AvgIpc) is 2.40. The van der Waals surface area contributed by atoms with Crippen molar-refractivity contribution in [1.29, 1.82) is 0 Å². The van der Waals surface area contributed by atoms with E-state index in [0.29, 0.717) is 12.0 Å².